The number of carbonyl (C=O) groups is 1. The van der Waals surface area contributed by atoms with E-state index in [1.165, 1.54) is 14.0 Å². The van der Waals surface area contributed by atoms with Crippen molar-refractivity contribution in [2.24, 2.45) is 17.8 Å². The molecule has 5 heterocycles. The van der Waals surface area contributed by atoms with Gasteiger partial charge in [0.05, 0.1) is 55.1 Å². The first-order chi connectivity index (χ1) is 24.8. The van der Waals surface area contributed by atoms with Gasteiger partial charge in [-0.15, -0.1) is 0 Å². The molecule has 4 N–H and O–H groups in total. The molecular formula is C39H67NO13. The van der Waals surface area contributed by atoms with Crippen LogP contribution in [0.2, 0.25) is 0 Å². The van der Waals surface area contributed by atoms with Crippen molar-refractivity contribution in [1.29, 1.82) is 0 Å². The first-order valence-corrected chi connectivity index (χ1v) is 19.6. The number of hydrogen-bond donors (Lipinski definition) is 4. The Morgan fingerprint density at radius 2 is 1.70 bits per heavy atom. The summed E-state index contributed by atoms with van der Waals surface area (Å²) in [4.78, 5) is 16.6. The minimum absolute atomic E-state index is 0.171. The lowest BCUT2D eigenvalue weighted by molar-refractivity contribution is -0.317. The summed E-state index contributed by atoms with van der Waals surface area (Å²) in [6.07, 6.45) is -7.33. The Bertz CT molecular complexity index is 1290. The van der Waals surface area contributed by atoms with Crippen molar-refractivity contribution in [2.75, 3.05) is 33.4 Å². The molecule has 5 unspecified atom stereocenters. The monoisotopic (exact) mass is 757 g/mol. The number of fused-ring (bicyclic) bond motifs is 2. The van der Waals surface area contributed by atoms with Crippen LogP contribution in [0.5, 0.6) is 0 Å². The molecule has 5 aliphatic heterocycles. The van der Waals surface area contributed by atoms with Crippen LogP contribution < -0.4 is 0 Å². The van der Waals surface area contributed by atoms with Crippen LogP contribution in [0.15, 0.2) is 11.3 Å². The molecule has 0 spiro atoms. The molecule has 0 radical (unpaired) electrons. The van der Waals surface area contributed by atoms with Crippen LogP contribution >= 0.6 is 0 Å². The Morgan fingerprint density at radius 1 is 1.04 bits per heavy atom. The van der Waals surface area contributed by atoms with Crippen LogP contribution in [0, 0.1) is 17.8 Å². The summed E-state index contributed by atoms with van der Waals surface area (Å²) >= 11 is 0. The number of rotatable bonds is 9. The third kappa shape index (κ3) is 8.49. The zero-order chi connectivity index (χ0) is 39.2. The second kappa shape index (κ2) is 16.6. The molecule has 17 atom stereocenters. The summed E-state index contributed by atoms with van der Waals surface area (Å²) in [5.41, 5.74) is -2.98. The first-order valence-electron chi connectivity index (χ1n) is 19.6. The SMILES string of the molecule is CC[C@H](O)[C@@](C)(O)[C@@H]1OC(=O)[C@H](C)[C@@H](O[C@H]2CC(C)(OC)[C@@H](O)C(C)O2)[C@H](C)[C@@H](O[C@@H]2OC(C)CC(N3CCOCC3)C2O)[C@@]2(C)CC(C)=C(O2)[C@@H]1C. The maximum absolute atomic E-state index is 14.4. The van der Waals surface area contributed by atoms with Gasteiger partial charge in [-0.1, -0.05) is 20.8 Å². The van der Waals surface area contributed by atoms with E-state index in [1.54, 1.807) is 27.7 Å². The van der Waals surface area contributed by atoms with Crippen LogP contribution in [0.25, 0.3) is 0 Å². The number of aliphatic hydroxyl groups is 4. The molecule has 0 aromatic rings. The lowest BCUT2D eigenvalue weighted by Crippen LogP contribution is -2.61. The number of ether oxygens (including phenoxy) is 8. The summed E-state index contributed by atoms with van der Waals surface area (Å²) in [6, 6.07) is -0.220. The van der Waals surface area contributed by atoms with Crippen molar-refractivity contribution < 1.29 is 63.1 Å². The van der Waals surface area contributed by atoms with Gasteiger partial charge in [0.25, 0.3) is 0 Å². The van der Waals surface area contributed by atoms with Crippen LogP contribution in [-0.2, 0) is 42.7 Å². The van der Waals surface area contributed by atoms with E-state index < -0.39 is 95.8 Å². The van der Waals surface area contributed by atoms with E-state index in [9.17, 15) is 25.2 Å². The number of hydrogen-bond acceptors (Lipinski definition) is 14. The number of methoxy groups -OCH3 is 1. The zero-order valence-electron chi connectivity index (χ0n) is 33.7. The van der Waals surface area contributed by atoms with E-state index >= 15 is 0 Å². The molecular weight excluding hydrogens is 690 g/mol. The van der Waals surface area contributed by atoms with Crippen molar-refractivity contribution >= 4 is 5.97 Å². The predicted octanol–water partition coefficient (Wildman–Crippen LogP) is 2.66. The quantitative estimate of drug-likeness (QED) is 0.253. The largest absolute Gasteiger partial charge is 0.488 e. The van der Waals surface area contributed by atoms with E-state index in [4.69, 9.17) is 37.9 Å². The number of aliphatic hydroxyl groups excluding tert-OH is 3. The molecule has 0 saturated carbocycles. The topological polar surface area (TPSA) is 175 Å². The molecule has 5 rings (SSSR count). The van der Waals surface area contributed by atoms with Gasteiger partial charge in [0.2, 0.25) is 0 Å². The maximum atomic E-state index is 14.4. The van der Waals surface area contributed by atoms with Crippen molar-refractivity contribution in [3.05, 3.63) is 11.3 Å². The minimum atomic E-state index is -1.83. The summed E-state index contributed by atoms with van der Waals surface area (Å²) in [5, 5.41) is 45.7. The number of cyclic esters (lactones) is 1. The Kier molecular flexibility index (Phi) is 13.4. The third-order valence-electron chi connectivity index (χ3n) is 12.8. The third-order valence-corrected chi connectivity index (χ3v) is 12.8. The van der Waals surface area contributed by atoms with Gasteiger partial charge < -0.3 is 58.3 Å². The number of esters is 1. The van der Waals surface area contributed by atoms with E-state index in [0.717, 1.165) is 5.57 Å². The minimum Gasteiger partial charge on any atom is -0.488 e. The lowest BCUT2D eigenvalue weighted by atomic mass is 9.78. The Morgan fingerprint density at radius 3 is 2.32 bits per heavy atom. The maximum Gasteiger partial charge on any atom is 0.311 e. The standard InChI is InChI=1S/C39H67NO13/c1-12-27(41)39(10,45)34-22(4)30-20(2)18-38(9,53-30)33(52-36-29(42)26(17-21(3)48-36)40-13-15-47-16-14-40)23(5)31(24(6)35(44)51-34)50-28-19-37(8,46-11)32(43)25(7)49-28/h21-29,31-34,36,41-43,45H,12-19H2,1-11H3/t21?,22-,23-,24+,25?,26?,27-,28-,29?,31-,32-,33+,34+,36-,37?,38+,39+/m0/s1. The van der Waals surface area contributed by atoms with Crippen molar-refractivity contribution in [2.45, 2.75) is 179 Å². The Labute approximate surface area is 315 Å². The van der Waals surface area contributed by atoms with Crippen LogP contribution in [-0.4, -0.2) is 149 Å². The molecule has 0 aromatic carbocycles. The van der Waals surface area contributed by atoms with Gasteiger partial charge in [-0.2, -0.15) is 0 Å². The Balaban J connectivity index is 1.57. The second-order valence-electron chi connectivity index (χ2n) is 17.0. The molecule has 5 aliphatic rings. The fraction of sp³-hybridized carbons (Fsp3) is 0.923. The van der Waals surface area contributed by atoms with E-state index in [1.807, 2.05) is 34.6 Å². The predicted molar refractivity (Wildman–Crippen MR) is 192 cm³/mol. The summed E-state index contributed by atoms with van der Waals surface area (Å²) in [7, 11) is 1.53. The lowest BCUT2D eigenvalue weighted by Gasteiger charge is -2.49. The molecule has 306 valence electrons. The summed E-state index contributed by atoms with van der Waals surface area (Å²) in [6.45, 7) is 20.6. The van der Waals surface area contributed by atoms with E-state index in [0.29, 0.717) is 44.9 Å². The highest BCUT2D eigenvalue weighted by Crippen LogP contribution is 2.48. The molecule has 53 heavy (non-hydrogen) atoms. The fourth-order valence-electron chi connectivity index (χ4n) is 9.48. The average Bonchev–Trinajstić information content (AvgIpc) is 3.44. The molecule has 0 amide bonds. The fourth-order valence-corrected chi connectivity index (χ4v) is 9.48. The van der Waals surface area contributed by atoms with Gasteiger partial charge in [0, 0.05) is 45.0 Å². The highest BCUT2D eigenvalue weighted by atomic mass is 16.7. The van der Waals surface area contributed by atoms with E-state index in [2.05, 4.69) is 4.90 Å². The van der Waals surface area contributed by atoms with Crippen LogP contribution in [0.4, 0.5) is 0 Å². The molecule has 2 bridgehead atoms. The molecule has 4 saturated heterocycles. The Hall–Kier alpha value is -1.43. The van der Waals surface area contributed by atoms with Crippen LogP contribution in [0.3, 0.4) is 0 Å². The van der Waals surface area contributed by atoms with Gasteiger partial charge in [0.1, 0.15) is 41.4 Å². The van der Waals surface area contributed by atoms with Crippen molar-refractivity contribution in [3.63, 3.8) is 0 Å². The van der Waals surface area contributed by atoms with Gasteiger partial charge in [-0.05, 0) is 66.9 Å². The molecule has 0 aliphatic carbocycles. The molecule has 14 heteroatoms. The van der Waals surface area contributed by atoms with Gasteiger partial charge in [-0.3, -0.25) is 9.69 Å². The first kappa shape index (κ1) is 42.7. The van der Waals surface area contributed by atoms with Crippen LogP contribution in [0.1, 0.15) is 94.9 Å². The zero-order valence-corrected chi connectivity index (χ0v) is 33.7. The second-order valence-corrected chi connectivity index (χ2v) is 17.0. The number of carbonyl (C=O) groups excluding carboxylic acids is 1. The smallest absolute Gasteiger partial charge is 0.311 e. The average molecular weight is 758 g/mol. The normalized spacial score (nSPS) is 46.5. The number of nitrogens with zero attached hydrogens (tertiary/aromatic N) is 1. The molecule has 4 fully saturated rings. The summed E-state index contributed by atoms with van der Waals surface area (Å²) in [5.74, 6) is -2.28. The highest BCUT2D eigenvalue weighted by Gasteiger charge is 2.57. The highest BCUT2D eigenvalue weighted by molar-refractivity contribution is 5.73. The molecule has 14 nitrogen and oxygen atoms in total. The number of morpholine rings is 1. The van der Waals surface area contributed by atoms with Gasteiger partial charge >= 0.3 is 5.97 Å². The summed E-state index contributed by atoms with van der Waals surface area (Å²) < 4.78 is 50.8. The van der Waals surface area contributed by atoms with Crippen molar-refractivity contribution in [3.8, 4) is 0 Å². The van der Waals surface area contributed by atoms with E-state index in [-0.39, 0.29) is 25.0 Å². The van der Waals surface area contributed by atoms with Crippen molar-refractivity contribution in [1.82, 2.24) is 4.90 Å². The molecule has 0 aromatic heterocycles. The van der Waals surface area contributed by atoms with Gasteiger partial charge in [-0.25, -0.2) is 0 Å². The van der Waals surface area contributed by atoms with Gasteiger partial charge in [0.15, 0.2) is 12.6 Å².